The van der Waals surface area contributed by atoms with Gasteiger partial charge in [-0.2, -0.15) is 0 Å². The van der Waals surface area contributed by atoms with Crippen molar-refractivity contribution < 1.29 is 9.21 Å². The molecule has 0 atom stereocenters. The number of aldehydes is 1. The zero-order valence-corrected chi connectivity index (χ0v) is 12.1. The summed E-state index contributed by atoms with van der Waals surface area (Å²) in [7, 11) is 0. The van der Waals surface area contributed by atoms with Crippen LogP contribution in [-0.2, 0) is 6.54 Å². The van der Waals surface area contributed by atoms with Crippen LogP contribution in [0.15, 0.2) is 16.5 Å². The van der Waals surface area contributed by atoms with Crippen molar-refractivity contribution in [1.82, 2.24) is 9.80 Å². The number of rotatable bonds is 4. The lowest BCUT2D eigenvalue weighted by atomic mass is 10.00. The predicted molar refractivity (Wildman–Crippen MR) is 77.8 cm³/mol. The molecule has 0 unspecified atom stereocenters. The van der Waals surface area contributed by atoms with Crippen molar-refractivity contribution in [3.8, 4) is 0 Å². The number of hydrogen-bond acceptors (Lipinski definition) is 4. The predicted octanol–water partition coefficient (Wildman–Crippen LogP) is 2.54. The molecule has 1 aromatic heterocycles. The Morgan fingerprint density at radius 3 is 2.50 bits per heavy atom. The molecule has 4 nitrogen and oxygen atoms in total. The SMILES string of the molecule is O=Cc1ccc(CN2CCC(N3CCCCC3)CC2)o1. The monoisotopic (exact) mass is 276 g/mol. The Bertz CT molecular complexity index is 429. The molecule has 0 aromatic carbocycles. The summed E-state index contributed by atoms with van der Waals surface area (Å²) in [6.45, 7) is 5.70. The van der Waals surface area contributed by atoms with Crippen molar-refractivity contribution in [2.75, 3.05) is 26.2 Å². The van der Waals surface area contributed by atoms with Crippen LogP contribution in [0.1, 0.15) is 48.4 Å². The Kier molecular flexibility index (Phi) is 4.53. The minimum Gasteiger partial charge on any atom is -0.457 e. The van der Waals surface area contributed by atoms with Crippen LogP contribution >= 0.6 is 0 Å². The molecule has 110 valence electrons. The van der Waals surface area contributed by atoms with E-state index < -0.39 is 0 Å². The van der Waals surface area contributed by atoms with E-state index in [0.717, 1.165) is 37.7 Å². The van der Waals surface area contributed by atoms with E-state index in [1.807, 2.05) is 6.07 Å². The lowest BCUT2D eigenvalue weighted by molar-refractivity contribution is 0.0862. The van der Waals surface area contributed by atoms with E-state index in [1.54, 1.807) is 6.07 Å². The summed E-state index contributed by atoms with van der Waals surface area (Å²) in [4.78, 5) is 15.7. The van der Waals surface area contributed by atoms with Gasteiger partial charge < -0.3 is 9.32 Å². The first kappa shape index (κ1) is 13.8. The van der Waals surface area contributed by atoms with E-state index in [1.165, 1.54) is 45.2 Å². The number of likely N-dealkylation sites (tertiary alicyclic amines) is 2. The Morgan fingerprint density at radius 2 is 1.85 bits per heavy atom. The van der Waals surface area contributed by atoms with Crippen molar-refractivity contribution in [2.24, 2.45) is 0 Å². The van der Waals surface area contributed by atoms with Crippen LogP contribution in [0.5, 0.6) is 0 Å². The molecule has 20 heavy (non-hydrogen) atoms. The van der Waals surface area contributed by atoms with Gasteiger partial charge in [-0.3, -0.25) is 9.69 Å². The Hall–Kier alpha value is -1.13. The van der Waals surface area contributed by atoms with Crippen molar-refractivity contribution in [3.05, 3.63) is 23.7 Å². The molecule has 0 aliphatic carbocycles. The van der Waals surface area contributed by atoms with Gasteiger partial charge in [-0.15, -0.1) is 0 Å². The molecule has 0 amide bonds. The highest BCUT2D eigenvalue weighted by Gasteiger charge is 2.25. The first-order chi connectivity index (χ1) is 9.85. The van der Waals surface area contributed by atoms with Crippen molar-refractivity contribution in [3.63, 3.8) is 0 Å². The minimum atomic E-state index is 0.434. The smallest absolute Gasteiger partial charge is 0.185 e. The fraction of sp³-hybridized carbons (Fsp3) is 0.688. The normalized spacial score (nSPS) is 23.0. The van der Waals surface area contributed by atoms with Crippen molar-refractivity contribution >= 4 is 6.29 Å². The Balaban J connectivity index is 1.47. The first-order valence-electron chi connectivity index (χ1n) is 7.85. The third-order valence-corrected chi connectivity index (χ3v) is 4.64. The molecule has 3 heterocycles. The highest BCUT2D eigenvalue weighted by Crippen LogP contribution is 2.22. The van der Waals surface area contributed by atoms with E-state index in [0.29, 0.717) is 5.76 Å². The van der Waals surface area contributed by atoms with Gasteiger partial charge >= 0.3 is 0 Å². The third-order valence-electron chi connectivity index (χ3n) is 4.64. The maximum atomic E-state index is 10.6. The topological polar surface area (TPSA) is 36.7 Å². The second-order valence-corrected chi connectivity index (χ2v) is 6.03. The Labute approximate surface area is 120 Å². The molecule has 3 rings (SSSR count). The molecule has 2 aliphatic heterocycles. The Morgan fingerprint density at radius 1 is 1.10 bits per heavy atom. The molecule has 2 saturated heterocycles. The van der Waals surface area contributed by atoms with Crippen molar-refractivity contribution in [2.45, 2.75) is 44.7 Å². The van der Waals surface area contributed by atoms with Gasteiger partial charge in [0, 0.05) is 19.1 Å². The number of piperidine rings is 2. The maximum Gasteiger partial charge on any atom is 0.185 e. The van der Waals surface area contributed by atoms with Crippen LogP contribution < -0.4 is 0 Å². The van der Waals surface area contributed by atoms with Gasteiger partial charge in [0.1, 0.15) is 5.76 Å². The lowest BCUT2D eigenvalue weighted by Gasteiger charge is -2.40. The molecule has 2 aliphatic rings. The van der Waals surface area contributed by atoms with Crippen LogP contribution in [0.4, 0.5) is 0 Å². The average Bonchev–Trinajstić information content (AvgIpc) is 2.97. The zero-order valence-electron chi connectivity index (χ0n) is 12.1. The summed E-state index contributed by atoms with van der Waals surface area (Å²) in [6.07, 6.45) is 7.46. The average molecular weight is 276 g/mol. The zero-order chi connectivity index (χ0) is 13.8. The van der Waals surface area contributed by atoms with Crippen LogP contribution in [0.2, 0.25) is 0 Å². The molecule has 1 aromatic rings. The largest absolute Gasteiger partial charge is 0.457 e. The summed E-state index contributed by atoms with van der Waals surface area (Å²) in [5, 5.41) is 0. The highest BCUT2D eigenvalue weighted by atomic mass is 16.3. The fourth-order valence-electron chi connectivity index (χ4n) is 3.49. The van der Waals surface area contributed by atoms with Gasteiger partial charge in [0.2, 0.25) is 0 Å². The van der Waals surface area contributed by atoms with Crippen molar-refractivity contribution in [1.29, 1.82) is 0 Å². The molecule has 0 spiro atoms. The summed E-state index contributed by atoms with van der Waals surface area (Å²) >= 11 is 0. The molecule has 2 fully saturated rings. The molecular weight excluding hydrogens is 252 g/mol. The number of furan rings is 1. The first-order valence-corrected chi connectivity index (χ1v) is 7.85. The van der Waals surface area contributed by atoms with E-state index in [9.17, 15) is 4.79 Å². The maximum absolute atomic E-state index is 10.6. The number of hydrogen-bond donors (Lipinski definition) is 0. The fourth-order valence-corrected chi connectivity index (χ4v) is 3.49. The summed E-state index contributed by atoms with van der Waals surface area (Å²) in [6, 6.07) is 4.46. The van der Waals surface area contributed by atoms with E-state index in [-0.39, 0.29) is 0 Å². The quantitative estimate of drug-likeness (QED) is 0.792. The van der Waals surface area contributed by atoms with Gasteiger partial charge in [0.15, 0.2) is 12.0 Å². The molecule has 0 N–H and O–H groups in total. The lowest BCUT2D eigenvalue weighted by Crippen LogP contribution is -2.46. The molecular formula is C16H24N2O2. The molecule has 0 radical (unpaired) electrons. The summed E-state index contributed by atoms with van der Waals surface area (Å²) in [5.41, 5.74) is 0. The van der Waals surface area contributed by atoms with E-state index >= 15 is 0 Å². The summed E-state index contributed by atoms with van der Waals surface area (Å²) < 4.78 is 5.46. The second-order valence-electron chi connectivity index (χ2n) is 6.03. The standard InChI is InChI=1S/C16H24N2O2/c19-13-16-5-4-15(20-16)12-17-10-6-14(7-11-17)18-8-2-1-3-9-18/h4-5,13-14H,1-3,6-12H2. The van der Waals surface area contributed by atoms with E-state index in [4.69, 9.17) is 4.42 Å². The van der Waals surface area contributed by atoms with Gasteiger partial charge in [-0.25, -0.2) is 0 Å². The number of carbonyl (C=O) groups is 1. The highest BCUT2D eigenvalue weighted by molar-refractivity contribution is 5.70. The molecule has 0 saturated carbocycles. The van der Waals surface area contributed by atoms with E-state index in [2.05, 4.69) is 9.80 Å². The van der Waals surface area contributed by atoms with Gasteiger partial charge in [0.25, 0.3) is 0 Å². The molecule has 0 bridgehead atoms. The molecule has 4 heteroatoms. The van der Waals surface area contributed by atoms with Crippen LogP contribution in [0.3, 0.4) is 0 Å². The number of carbonyl (C=O) groups excluding carboxylic acids is 1. The number of nitrogens with zero attached hydrogens (tertiary/aromatic N) is 2. The van der Waals surface area contributed by atoms with Crippen LogP contribution in [0, 0.1) is 0 Å². The minimum absolute atomic E-state index is 0.434. The summed E-state index contributed by atoms with van der Waals surface area (Å²) in [5.74, 6) is 1.34. The van der Waals surface area contributed by atoms with Gasteiger partial charge in [-0.05, 0) is 50.9 Å². The van der Waals surface area contributed by atoms with Crippen LogP contribution in [0.25, 0.3) is 0 Å². The van der Waals surface area contributed by atoms with Crippen LogP contribution in [-0.4, -0.2) is 48.3 Å². The third kappa shape index (κ3) is 3.30. The second kappa shape index (κ2) is 6.55. The van der Waals surface area contributed by atoms with Gasteiger partial charge in [-0.1, -0.05) is 6.42 Å². The van der Waals surface area contributed by atoms with Gasteiger partial charge in [0.05, 0.1) is 6.54 Å².